The Hall–Kier alpha value is -1.76. The second kappa shape index (κ2) is 4.85. The Morgan fingerprint density at radius 1 is 1.06 bits per heavy atom. The number of benzene rings is 2. The Balaban J connectivity index is 1.67. The van der Waals surface area contributed by atoms with Crippen LogP contribution in [0.4, 0.5) is 5.69 Å². The van der Waals surface area contributed by atoms with Crippen LogP contribution in [0.25, 0.3) is 0 Å². The van der Waals surface area contributed by atoms with Gasteiger partial charge in [-0.2, -0.15) is 0 Å². The molecule has 1 unspecified atom stereocenters. The van der Waals surface area contributed by atoms with Gasteiger partial charge < -0.3 is 5.32 Å². The van der Waals surface area contributed by atoms with Crippen LogP contribution in [-0.4, -0.2) is 7.05 Å². The zero-order valence-corrected chi connectivity index (χ0v) is 10.8. The van der Waals surface area contributed by atoms with E-state index >= 15 is 0 Å². The summed E-state index contributed by atoms with van der Waals surface area (Å²) < 4.78 is 0. The smallest absolute Gasteiger partial charge is 0.0370 e. The van der Waals surface area contributed by atoms with Gasteiger partial charge in [0.15, 0.2) is 0 Å². The molecule has 2 aromatic carbocycles. The van der Waals surface area contributed by atoms with Gasteiger partial charge in [0.1, 0.15) is 0 Å². The van der Waals surface area contributed by atoms with Crippen LogP contribution in [0.1, 0.15) is 29.0 Å². The fraction of sp³-hybridized carbons (Fsp3) is 0.294. The van der Waals surface area contributed by atoms with Crippen molar-refractivity contribution in [2.24, 2.45) is 0 Å². The molecule has 0 heterocycles. The standard InChI is InChI=1S/C17H19N/c1-18-17-9-5-3-6-13(17)10-11-15-12-14-7-2-4-8-16(14)15/h2-9,15,18H,10-12H2,1H3. The Morgan fingerprint density at radius 3 is 2.67 bits per heavy atom. The number of aryl methyl sites for hydroxylation is 1. The molecule has 0 aliphatic heterocycles. The number of hydrogen-bond donors (Lipinski definition) is 1. The van der Waals surface area contributed by atoms with E-state index in [1.165, 1.54) is 24.1 Å². The summed E-state index contributed by atoms with van der Waals surface area (Å²) in [7, 11) is 2.00. The molecule has 18 heavy (non-hydrogen) atoms. The van der Waals surface area contributed by atoms with Crippen molar-refractivity contribution >= 4 is 5.69 Å². The number of rotatable bonds is 4. The van der Waals surface area contributed by atoms with Gasteiger partial charge in [0, 0.05) is 12.7 Å². The van der Waals surface area contributed by atoms with Crippen molar-refractivity contribution in [3.05, 3.63) is 65.2 Å². The van der Waals surface area contributed by atoms with E-state index in [-0.39, 0.29) is 0 Å². The number of anilines is 1. The van der Waals surface area contributed by atoms with E-state index in [2.05, 4.69) is 53.8 Å². The summed E-state index contributed by atoms with van der Waals surface area (Å²) in [5.74, 6) is 0.770. The zero-order valence-electron chi connectivity index (χ0n) is 10.8. The summed E-state index contributed by atoms with van der Waals surface area (Å²) in [6.45, 7) is 0. The maximum absolute atomic E-state index is 3.27. The van der Waals surface area contributed by atoms with E-state index in [4.69, 9.17) is 0 Å². The highest BCUT2D eigenvalue weighted by molar-refractivity contribution is 5.50. The van der Waals surface area contributed by atoms with Crippen molar-refractivity contribution < 1.29 is 0 Å². The molecule has 0 radical (unpaired) electrons. The topological polar surface area (TPSA) is 12.0 Å². The number of fused-ring (bicyclic) bond motifs is 1. The molecule has 0 saturated carbocycles. The minimum atomic E-state index is 0.770. The van der Waals surface area contributed by atoms with E-state index in [0.717, 1.165) is 12.3 Å². The lowest BCUT2D eigenvalue weighted by Gasteiger charge is -2.30. The van der Waals surface area contributed by atoms with Gasteiger partial charge in [0.2, 0.25) is 0 Å². The van der Waals surface area contributed by atoms with Gasteiger partial charge in [0.05, 0.1) is 0 Å². The van der Waals surface area contributed by atoms with E-state index in [0.29, 0.717) is 0 Å². The Bertz CT molecular complexity index is 545. The summed E-state index contributed by atoms with van der Waals surface area (Å²) in [5, 5.41) is 3.27. The SMILES string of the molecule is CNc1ccccc1CCC1Cc2ccccc21. The molecular weight excluding hydrogens is 218 g/mol. The van der Waals surface area contributed by atoms with Gasteiger partial charge in [-0.05, 0) is 47.9 Å². The first-order valence-corrected chi connectivity index (χ1v) is 6.72. The van der Waals surface area contributed by atoms with Gasteiger partial charge >= 0.3 is 0 Å². The maximum Gasteiger partial charge on any atom is 0.0370 e. The van der Waals surface area contributed by atoms with E-state index in [1.54, 1.807) is 11.1 Å². The molecule has 3 rings (SSSR count). The fourth-order valence-electron chi connectivity index (χ4n) is 2.93. The lowest BCUT2D eigenvalue weighted by molar-refractivity contribution is 0.560. The Labute approximate surface area is 109 Å². The Kier molecular flexibility index (Phi) is 3.06. The van der Waals surface area contributed by atoms with Gasteiger partial charge in [-0.3, -0.25) is 0 Å². The second-order valence-electron chi connectivity index (χ2n) is 5.05. The molecule has 2 aromatic rings. The van der Waals surface area contributed by atoms with Crippen LogP contribution < -0.4 is 5.32 Å². The molecule has 0 fully saturated rings. The van der Waals surface area contributed by atoms with Crippen molar-refractivity contribution in [3.8, 4) is 0 Å². The summed E-state index contributed by atoms with van der Waals surface area (Å²) in [6, 6.07) is 17.5. The van der Waals surface area contributed by atoms with E-state index in [1.807, 2.05) is 7.05 Å². The molecule has 0 amide bonds. The van der Waals surface area contributed by atoms with Crippen molar-refractivity contribution in [3.63, 3.8) is 0 Å². The summed E-state index contributed by atoms with van der Waals surface area (Å²) >= 11 is 0. The molecule has 0 spiro atoms. The predicted molar refractivity (Wildman–Crippen MR) is 77.2 cm³/mol. The molecule has 1 N–H and O–H groups in total. The van der Waals surface area contributed by atoms with Gasteiger partial charge in [-0.1, -0.05) is 42.5 Å². The molecule has 1 nitrogen and oxygen atoms in total. The molecule has 0 saturated heterocycles. The van der Waals surface area contributed by atoms with Crippen LogP contribution in [0.5, 0.6) is 0 Å². The van der Waals surface area contributed by atoms with Crippen LogP contribution in [-0.2, 0) is 12.8 Å². The first-order valence-electron chi connectivity index (χ1n) is 6.72. The van der Waals surface area contributed by atoms with Crippen LogP contribution in [0.3, 0.4) is 0 Å². The normalized spacial score (nSPS) is 16.8. The van der Waals surface area contributed by atoms with E-state index < -0.39 is 0 Å². The molecule has 1 heteroatoms. The average molecular weight is 237 g/mol. The monoisotopic (exact) mass is 237 g/mol. The van der Waals surface area contributed by atoms with Crippen molar-refractivity contribution in [2.45, 2.75) is 25.2 Å². The minimum absolute atomic E-state index is 0.770. The lowest BCUT2D eigenvalue weighted by Crippen LogP contribution is -2.17. The van der Waals surface area contributed by atoms with Crippen molar-refractivity contribution in [1.29, 1.82) is 0 Å². The molecule has 0 aromatic heterocycles. The second-order valence-corrected chi connectivity index (χ2v) is 5.05. The third-order valence-corrected chi connectivity index (χ3v) is 4.01. The first kappa shape index (κ1) is 11.3. The molecular formula is C17H19N. The highest BCUT2D eigenvalue weighted by atomic mass is 14.8. The lowest BCUT2D eigenvalue weighted by atomic mass is 9.75. The largest absolute Gasteiger partial charge is 0.388 e. The highest BCUT2D eigenvalue weighted by Gasteiger charge is 2.24. The average Bonchev–Trinajstić information content (AvgIpc) is 2.40. The van der Waals surface area contributed by atoms with Crippen molar-refractivity contribution in [1.82, 2.24) is 0 Å². The van der Waals surface area contributed by atoms with Gasteiger partial charge in [-0.25, -0.2) is 0 Å². The molecule has 1 atom stereocenters. The fourth-order valence-corrected chi connectivity index (χ4v) is 2.93. The maximum atomic E-state index is 3.27. The van der Waals surface area contributed by atoms with Gasteiger partial charge in [-0.15, -0.1) is 0 Å². The molecule has 1 aliphatic carbocycles. The molecule has 0 bridgehead atoms. The Morgan fingerprint density at radius 2 is 1.83 bits per heavy atom. The number of nitrogens with one attached hydrogen (secondary N) is 1. The minimum Gasteiger partial charge on any atom is -0.388 e. The first-order chi connectivity index (χ1) is 8.88. The summed E-state index contributed by atoms with van der Waals surface area (Å²) in [5.41, 5.74) is 5.82. The molecule has 1 aliphatic rings. The van der Waals surface area contributed by atoms with E-state index in [9.17, 15) is 0 Å². The van der Waals surface area contributed by atoms with Crippen molar-refractivity contribution in [2.75, 3.05) is 12.4 Å². The highest BCUT2D eigenvalue weighted by Crippen LogP contribution is 2.38. The van der Waals surface area contributed by atoms with Crippen LogP contribution >= 0.6 is 0 Å². The summed E-state index contributed by atoms with van der Waals surface area (Å²) in [6.07, 6.45) is 3.68. The number of hydrogen-bond acceptors (Lipinski definition) is 1. The predicted octanol–water partition coefficient (Wildman–Crippen LogP) is 4.00. The van der Waals surface area contributed by atoms with Crippen LogP contribution in [0.15, 0.2) is 48.5 Å². The number of para-hydroxylation sites is 1. The van der Waals surface area contributed by atoms with Crippen LogP contribution in [0.2, 0.25) is 0 Å². The third-order valence-electron chi connectivity index (χ3n) is 4.01. The van der Waals surface area contributed by atoms with Crippen LogP contribution in [0, 0.1) is 0 Å². The quantitative estimate of drug-likeness (QED) is 0.847. The zero-order chi connectivity index (χ0) is 12.4. The third kappa shape index (κ3) is 2.01. The summed E-state index contributed by atoms with van der Waals surface area (Å²) in [4.78, 5) is 0. The molecule has 92 valence electrons. The van der Waals surface area contributed by atoms with Gasteiger partial charge in [0.25, 0.3) is 0 Å².